The van der Waals surface area contributed by atoms with Gasteiger partial charge in [-0.1, -0.05) is 66.6 Å². The van der Waals surface area contributed by atoms with Crippen molar-refractivity contribution in [3.8, 4) is 11.3 Å². The predicted octanol–water partition coefficient (Wildman–Crippen LogP) is 3.91. The van der Waals surface area contributed by atoms with Crippen molar-refractivity contribution in [1.29, 1.82) is 0 Å². The van der Waals surface area contributed by atoms with Gasteiger partial charge in [-0.15, -0.1) is 0 Å². The third kappa shape index (κ3) is 4.74. The minimum atomic E-state index is -0.0284. The van der Waals surface area contributed by atoms with Crippen molar-refractivity contribution < 1.29 is 9.59 Å². The van der Waals surface area contributed by atoms with Gasteiger partial charge >= 0.3 is 0 Å². The van der Waals surface area contributed by atoms with Gasteiger partial charge in [-0.25, -0.2) is 0 Å². The molecule has 6 nitrogen and oxygen atoms in total. The van der Waals surface area contributed by atoms with Crippen molar-refractivity contribution in [2.45, 2.75) is 33.7 Å². The molecule has 6 heteroatoms. The first-order valence-electron chi connectivity index (χ1n) is 11.2. The molecule has 1 saturated heterocycles. The summed E-state index contributed by atoms with van der Waals surface area (Å²) >= 11 is 0. The molecule has 2 amide bonds. The van der Waals surface area contributed by atoms with Crippen molar-refractivity contribution in [2.24, 2.45) is 0 Å². The molecule has 0 atom stereocenters. The first-order valence-corrected chi connectivity index (χ1v) is 11.2. The number of aromatic nitrogens is 2. The summed E-state index contributed by atoms with van der Waals surface area (Å²) < 4.78 is 1.85. The van der Waals surface area contributed by atoms with Crippen LogP contribution in [0.5, 0.6) is 0 Å². The van der Waals surface area contributed by atoms with Crippen LogP contribution < -0.4 is 0 Å². The molecular formula is C26H30N4O2. The molecule has 0 radical (unpaired) electrons. The molecule has 2 heterocycles. The summed E-state index contributed by atoms with van der Waals surface area (Å²) in [5.41, 5.74) is 5.76. The molecule has 0 N–H and O–H groups in total. The molecule has 1 aliphatic rings. The molecule has 0 spiro atoms. The Hall–Kier alpha value is -3.41. The highest BCUT2D eigenvalue weighted by molar-refractivity contribution is 6.00. The van der Waals surface area contributed by atoms with Gasteiger partial charge in [0.25, 0.3) is 5.91 Å². The van der Waals surface area contributed by atoms with E-state index >= 15 is 0 Å². The van der Waals surface area contributed by atoms with Crippen LogP contribution in [0.2, 0.25) is 0 Å². The van der Waals surface area contributed by atoms with E-state index in [9.17, 15) is 9.59 Å². The minimum Gasteiger partial charge on any atom is -0.339 e. The van der Waals surface area contributed by atoms with Gasteiger partial charge < -0.3 is 9.80 Å². The highest BCUT2D eigenvalue weighted by Crippen LogP contribution is 2.25. The van der Waals surface area contributed by atoms with E-state index in [1.165, 1.54) is 5.56 Å². The van der Waals surface area contributed by atoms with Crippen LogP contribution in [0.4, 0.5) is 0 Å². The lowest BCUT2D eigenvalue weighted by Gasteiger charge is -2.34. The Morgan fingerprint density at radius 3 is 2.00 bits per heavy atom. The summed E-state index contributed by atoms with van der Waals surface area (Å²) in [6.07, 6.45) is 2.36. The SMILES string of the molecule is CCC(=O)N1CCN(C(=O)c2cn(Cc3ccc(C)cc3)nc2-c2ccc(C)cc2)CC1. The quantitative estimate of drug-likeness (QED) is 0.617. The van der Waals surface area contributed by atoms with E-state index in [1.807, 2.05) is 58.8 Å². The fourth-order valence-corrected chi connectivity index (χ4v) is 4.02. The van der Waals surface area contributed by atoms with Crippen molar-refractivity contribution in [3.05, 3.63) is 77.0 Å². The predicted molar refractivity (Wildman–Crippen MR) is 125 cm³/mol. The lowest BCUT2D eigenvalue weighted by molar-refractivity contribution is -0.132. The Balaban J connectivity index is 1.61. The number of carbonyl (C=O) groups excluding carboxylic acids is 2. The number of carbonyl (C=O) groups is 2. The monoisotopic (exact) mass is 430 g/mol. The molecule has 0 unspecified atom stereocenters. The van der Waals surface area contributed by atoms with Gasteiger partial charge in [0.15, 0.2) is 0 Å². The van der Waals surface area contributed by atoms with Gasteiger partial charge in [0.1, 0.15) is 5.69 Å². The Labute approximate surface area is 189 Å². The molecule has 0 aliphatic carbocycles. The zero-order chi connectivity index (χ0) is 22.7. The van der Waals surface area contributed by atoms with Crippen LogP contribution in [0.25, 0.3) is 11.3 Å². The van der Waals surface area contributed by atoms with Gasteiger partial charge in [0, 0.05) is 44.4 Å². The van der Waals surface area contributed by atoms with Crippen molar-refractivity contribution in [2.75, 3.05) is 26.2 Å². The molecule has 1 fully saturated rings. The van der Waals surface area contributed by atoms with E-state index in [0.717, 1.165) is 16.7 Å². The van der Waals surface area contributed by atoms with E-state index in [-0.39, 0.29) is 11.8 Å². The number of hydrogen-bond acceptors (Lipinski definition) is 3. The van der Waals surface area contributed by atoms with Crippen molar-refractivity contribution >= 4 is 11.8 Å². The van der Waals surface area contributed by atoms with Crippen molar-refractivity contribution in [1.82, 2.24) is 19.6 Å². The maximum atomic E-state index is 13.5. The summed E-state index contributed by atoms with van der Waals surface area (Å²) in [5, 5.41) is 4.80. The molecule has 1 aromatic heterocycles. The topological polar surface area (TPSA) is 58.4 Å². The Kier molecular flexibility index (Phi) is 6.40. The lowest BCUT2D eigenvalue weighted by atomic mass is 10.1. The number of piperazine rings is 1. The normalized spacial score (nSPS) is 14.0. The first kappa shape index (κ1) is 21.8. The third-order valence-corrected chi connectivity index (χ3v) is 6.00. The fourth-order valence-electron chi connectivity index (χ4n) is 4.02. The van der Waals surface area contributed by atoms with Crippen LogP contribution in [0.1, 0.15) is 40.4 Å². The number of amides is 2. The first-order chi connectivity index (χ1) is 15.4. The van der Waals surface area contributed by atoms with E-state index in [2.05, 4.69) is 31.2 Å². The van der Waals surface area contributed by atoms with Crippen molar-refractivity contribution in [3.63, 3.8) is 0 Å². The van der Waals surface area contributed by atoms with E-state index in [1.54, 1.807) is 0 Å². The van der Waals surface area contributed by atoms with E-state index < -0.39 is 0 Å². The third-order valence-electron chi connectivity index (χ3n) is 6.00. The summed E-state index contributed by atoms with van der Waals surface area (Å²) in [5.74, 6) is 0.114. The molecule has 4 rings (SSSR count). The number of hydrogen-bond donors (Lipinski definition) is 0. The fraction of sp³-hybridized carbons (Fsp3) is 0.346. The standard InChI is InChI=1S/C26H30N4O2/c1-4-24(31)28-13-15-29(16-14-28)26(32)23-18-30(17-21-9-5-19(2)6-10-21)27-25(23)22-11-7-20(3)8-12-22/h5-12,18H,4,13-17H2,1-3H3. The van der Waals surface area contributed by atoms with E-state index in [4.69, 9.17) is 5.10 Å². The van der Waals surface area contributed by atoms with Gasteiger partial charge in [0.05, 0.1) is 12.1 Å². The molecular weight excluding hydrogens is 400 g/mol. The summed E-state index contributed by atoms with van der Waals surface area (Å²) in [6.45, 7) is 8.83. The largest absolute Gasteiger partial charge is 0.339 e. The summed E-state index contributed by atoms with van der Waals surface area (Å²) in [4.78, 5) is 29.1. The Morgan fingerprint density at radius 2 is 1.41 bits per heavy atom. The second-order valence-corrected chi connectivity index (χ2v) is 8.47. The van der Waals surface area contributed by atoms with Gasteiger partial charge in [-0.05, 0) is 19.4 Å². The Morgan fingerprint density at radius 1 is 0.844 bits per heavy atom. The molecule has 166 valence electrons. The van der Waals surface area contributed by atoms with E-state index in [0.29, 0.717) is 50.4 Å². The van der Waals surface area contributed by atoms with Gasteiger partial charge in [-0.3, -0.25) is 14.3 Å². The molecule has 32 heavy (non-hydrogen) atoms. The molecule has 2 aromatic carbocycles. The average molecular weight is 431 g/mol. The second-order valence-electron chi connectivity index (χ2n) is 8.47. The molecule has 0 bridgehead atoms. The van der Waals surface area contributed by atoms with Crippen LogP contribution >= 0.6 is 0 Å². The molecule has 3 aromatic rings. The number of rotatable bonds is 5. The Bertz CT molecular complexity index is 1090. The number of aryl methyl sites for hydroxylation is 2. The number of benzene rings is 2. The minimum absolute atomic E-state index is 0.0284. The highest BCUT2D eigenvalue weighted by Gasteiger charge is 2.27. The van der Waals surface area contributed by atoms with Crippen LogP contribution in [0, 0.1) is 13.8 Å². The lowest BCUT2D eigenvalue weighted by Crippen LogP contribution is -2.50. The van der Waals surface area contributed by atoms with Gasteiger partial charge in [0.2, 0.25) is 5.91 Å². The second kappa shape index (κ2) is 9.39. The van der Waals surface area contributed by atoms with Crippen LogP contribution in [0.3, 0.4) is 0 Å². The highest BCUT2D eigenvalue weighted by atomic mass is 16.2. The molecule has 1 aliphatic heterocycles. The van der Waals surface area contributed by atoms with Crippen LogP contribution in [-0.2, 0) is 11.3 Å². The summed E-state index contributed by atoms with van der Waals surface area (Å²) in [7, 11) is 0. The average Bonchev–Trinajstić information content (AvgIpc) is 3.24. The van der Waals surface area contributed by atoms with Crippen LogP contribution in [-0.4, -0.2) is 57.6 Å². The van der Waals surface area contributed by atoms with Gasteiger partial charge in [-0.2, -0.15) is 5.10 Å². The van der Waals surface area contributed by atoms with Crippen LogP contribution in [0.15, 0.2) is 54.7 Å². The summed E-state index contributed by atoms with van der Waals surface area (Å²) in [6, 6.07) is 16.5. The molecule has 0 saturated carbocycles. The maximum absolute atomic E-state index is 13.5. The zero-order valence-corrected chi connectivity index (χ0v) is 19.0. The smallest absolute Gasteiger partial charge is 0.257 e. The zero-order valence-electron chi connectivity index (χ0n) is 19.0. The maximum Gasteiger partial charge on any atom is 0.257 e. The number of nitrogens with zero attached hydrogens (tertiary/aromatic N) is 4.